The summed E-state index contributed by atoms with van der Waals surface area (Å²) in [7, 11) is 0. The van der Waals surface area contributed by atoms with Crippen molar-refractivity contribution >= 4 is 22.8 Å². The molecule has 0 saturated heterocycles. The molecule has 42 heavy (non-hydrogen) atoms. The van der Waals surface area contributed by atoms with Crippen LogP contribution in [0.5, 0.6) is 0 Å². The molecule has 0 radical (unpaired) electrons. The number of primary amides is 1. The number of benzene rings is 2. The largest absolute Gasteiger partial charge is 0.393 e. The first-order chi connectivity index (χ1) is 20.3. The molecule has 5 aromatic rings. The zero-order valence-electron chi connectivity index (χ0n) is 22.5. The van der Waals surface area contributed by atoms with Gasteiger partial charge in [0.15, 0.2) is 0 Å². The maximum absolute atomic E-state index is 16.0. The first-order valence-electron chi connectivity index (χ1n) is 13.7. The Morgan fingerprint density at radius 3 is 2.62 bits per heavy atom. The summed E-state index contributed by atoms with van der Waals surface area (Å²) >= 11 is 0. The van der Waals surface area contributed by atoms with Gasteiger partial charge in [0.1, 0.15) is 35.3 Å². The molecule has 2 aliphatic rings. The lowest BCUT2D eigenvalue weighted by molar-refractivity contribution is 0.0389. The number of aliphatic hydroxyl groups excluding tert-OH is 1. The molecular weight excluding hydrogens is 541 g/mol. The van der Waals surface area contributed by atoms with Gasteiger partial charge in [0.25, 0.3) is 11.5 Å². The fourth-order valence-corrected chi connectivity index (χ4v) is 6.39. The van der Waals surface area contributed by atoms with E-state index in [2.05, 4.69) is 9.97 Å². The summed E-state index contributed by atoms with van der Waals surface area (Å²) in [4.78, 5) is 34.5. The molecule has 7 rings (SSSR count). The molecule has 2 aromatic carbocycles. The first-order valence-corrected chi connectivity index (χ1v) is 13.7. The molecule has 12 heteroatoms. The standard InChI is InChI=1S/C30H28FN7O4/c31-22-12-16(26-25-24(28(33)40)30(41)38(37(25)10-11-42-26)17-4-2-1-3-5-17)6-9-20(22)21-14-36(18-7-8-19(39)13-18)29-23(21)27(32)34-15-35-29/h1-6,9,12,14-15,18-19,26,39H,7-8,10-11,13H2,(H2,33,40)(H2,32,34,35). The smallest absolute Gasteiger partial charge is 0.284 e. The van der Waals surface area contributed by atoms with Crippen molar-refractivity contribution in [3.63, 3.8) is 0 Å². The summed E-state index contributed by atoms with van der Waals surface area (Å²) in [6.07, 6.45) is 3.89. The van der Waals surface area contributed by atoms with Crippen LogP contribution in [0, 0.1) is 5.82 Å². The lowest BCUT2D eigenvalue weighted by Gasteiger charge is -2.27. The van der Waals surface area contributed by atoms with Crippen LogP contribution in [0.1, 0.15) is 53.0 Å². The van der Waals surface area contributed by atoms with Crippen molar-refractivity contribution in [2.24, 2.45) is 5.73 Å². The van der Waals surface area contributed by atoms with E-state index in [-0.39, 0.29) is 35.3 Å². The topological polar surface area (TPSA) is 156 Å². The van der Waals surface area contributed by atoms with Crippen molar-refractivity contribution in [3.8, 4) is 16.8 Å². The second-order valence-corrected chi connectivity index (χ2v) is 10.7. The van der Waals surface area contributed by atoms with E-state index in [1.54, 1.807) is 41.1 Å². The van der Waals surface area contributed by atoms with Crippen LogP contribution in [-0.4, -0.2) is 47.6 Å². The van der Waals surface area contributed by atoms with Crippen LogP contribution in [0.4, 0.5) is 10.2 Å². The third kappa shape index (κ3) is 4.02. The number of halogens is 1. The Kier molecular flexibility index (Phi) is 6.17. The number of fused-ring (bicyclic) bond motifs is 2. The van der Waals surface area contributed by atoms with Crippen molar-refractivity contribution in [1.29, 1.82) is 0 Å². The number of aromatic nitrogens is 5. The minimum Gasteiger partial charge on any atom is -0.393 e. The lowest BCUT2D eigenvalue weighted by Crippen LogP contribution is -2.28. The van der Waals surface area contributed by atoms with Crippen LogP contribution in [0.2, 0.25) is 0 Å². The van der Waals surface area contributed by atoms with Crippen LogP contribution in [0.15, 0.2) is 65.8 Å². The molecule has 1 saturated carbocycles. The van der Waals surface area contributed by atoms with Crippen molar-refractivity contribution in [2.75, 3.05) is 12.3 Å². The fraction of sp³-hybridized carbons (Fsp3) is 0.267. The summed E-state index contributed by atoms with van der Waals surface area (Å²) in [5.74, 6) is -1.21. The van der Waals surface area contributed by atoms with Gasteiger partial charge in [-0.15, -0.1) is 0 Å². The van der Waals surface area contributed by atoms with E-state index in [0.717, 1.165) is 6.42 Å². The van der Waals surface area contributed by atoms with Gasteiger partial charge in [0.05, 0.1) is 36.0 Å². The molecule has 0 bridgehead atoms. The number of nitrogens with two attached hydrogens (primary N) is 2. The Morgan fingerprint density at radius 1 is 1.10 bits per heavy atom. The van der Waals surface area contributed by atoms with Crippen molar-refractivity contribution < 1.29 is 19.0 Å². The number of hydrogen-bond acceptors (Lipinski definition) is 7. The monoisotopic (exact) mass is 569 g/mol. The second kappa shape index (κ2) is 9.93. The molecule has 5 N–H and O–H groups in total. The van der Waals surface area contributed by atoms with E-state index in [9.17, 15) is 14.7 Å². The van der Waals surface area contributed by atoms with Gasteiger partial charge in [-0.2, -0.15) is 0 Å². The summed E-state index contributed by atoms with van der Waals surface area (Å²) in [5.41, 5.74) is 13.9. The Hall–Kier alpha value is -4.81. The highest BCUT2D eigenvalue weighted by atomic mass is 19.1. The number of ether oxygens (including phenoxy) is 1. The maximum Gasteiger partial charge on any atom is 0.284 e. The predicted molar refractivity (Wildman–Crippen MR) is 153 cm³/mol. The average Bonchev–Trinajstić information content (AvgIpc) is 3.66. The number of carbonyl (C=O) groups excluding carboxylic acids is 1. The highest BCUT2D eigenvalue weighted by molar-refractivity contribution is 6.01. The molecule has 1 aliphatic heterocycles. The number of hydrogen-bond donors (Lipinski definition) is 3. The van der Waals surface area contributed by atoms with Crippen LogP contribution >= 0.6 is 0 Å². The van der Waals surface area contributed by atoms with Gasteiger partial charge in [-0.25, -0.2) is 19.0 Å². The SMILES string of the molecule is NC(=O)c1c2n(n(-c3ccccc3)c1=O)CCOC2c1ccc(-c2cn(C3CCC(O)C3)c3ncnc(N)c23)c(F)c1. The van der Waals surface area contributed by atoms with Gasteiger partial charge in [-0.05, 0) is 43.0 Å². The Bertz CT molecular complexity index is 1910. The summed E-state index contributed by atoms with van der Waals surface area (Å²) in [6, 6.07) is 13.6. The molecule has 4 heterocycles. The highest BCUT2D eigenvalue weighted by Gasteiger charge is 2.35. The van der Waals surface area contributed by atoms with Crippen molar-refractivity contribution in [3.05, 3.63) is 94.0 Å². The minimum atomic E-state index is -0.905. The minimum absolute atomic E-state index is 0.00104. The van der Waals surface area contributed by atoms with Crippen LogP contribution in [0.3, 0.4) is 0 Å². The summed E-state index contributed by atoms with van der Waals surface area (Å²) in [6.45, 7) is 0.535. The number of amides is 1. The number of anilines is 1. The Labute approximate surface area is 238 Å². The molecule has 3 aromatic heterocycles. The number of nitrogens with zero attached hydrogens (tertiary/aromatic N) is 5. The Morgan fingerprint density at radius 2 is 1.90 bits per heavy atom. The Balaban J connectivity index is 1.34. The van der Waals surface area contributed by atoms with Crippen molar-refractivity contribution in [2.45, 2.75) is 44.1 Å². The van der Waals surface area contributed by atoms with E-state index in [0.29, 0.717) is 47.2 Å². The quantitative estimate of drug-likeness (QED) is 0.294. The van der Waals surface area contributed by atoms with E-state index in [1.165, 1.54) is 17.1 Å². The molecule has 3 atom stereocenters. The molecule has 0 spiro atoms. The average molecular weight is 570 g/mol. The molecule has 11 nitrogen and oxygen atoms in total. The van der Waals surface area contributed by atoms with E-state index in [4.69, 9.17) is 16.2 Å². The van der Waals surface area contributed by atoms with Crippen LogP contribution < -0.4 is 17.0 Å². The van der Waals surface area contributed by atoms with Gasteiger partial charge >= 0.3 is 0 Å². The zero-order chi connectivity index (χ0) is 29.1. The van der Waals surface area contributed by atoms with E-state index < -0.39 is 29.5 Å². The molecule has 1 aliphatic carbocycles. The zero-order valence-corrected chi connectivity index (χ0v) is 22.5. The molecule has 3 unspecified atom stereocenters. The van der Waals surface area contributed by atoms with Crippen LogP contribution in [-0.2, 0) is 11.3 Å². The number of nitrogen functional groups attached to an aromatic ring is 1. The van der Waals surface area contributed by atoms with Gasteiger partial charge in [-0.1, -0.05) is 30.3 Å². The van der Waals surface area contributed by atoms with Gasteiger partial charge < -0.3 is 25.9 Å². The predicted octanol–water partition coefficient (Wildman–Crippen LogP) is 3.08. The molecular formula is C30H28FN7O4. The summed E-state index contributed by atoms with van der Waals surface area (Å²) in [5, 5.41) is 10.7. The second-order valence-electron chi connectivity index (χ2n) is 10.7. The van der Waals surface area contributed by atoms with E-state index in [1.807, 2.05) is 16.8 Å². The number of para-hydroxylation sites is 1. The van der Waals surface area contributed by atoms with Gasteiger partial charge in [0, 0.05) is 23.4 Å². The van der Waals surface area contributed by atoms with Crippen LogP contribution in [0.25, 0.3) is 27.8 Å². The number of aliphatic hydroxyl groups is 1. The van der Waals surface area contributed by atoms with Crippen molar-refractivity contribution in [1.82, 2.24) is 23.9 Å². The summed E-state index contributed by atoms with van der Waals surface area (Å²) < 4.78 is 27.1. The molecule has 1 amide bonds. The first kappa shape index (κ1) is 26.1. The third-order valence-electron chi connectivity index (χ3n) is 8.26. The third-order valence-corrected chi connectivity index (χ3v) is 8.26. The number of rotatable bonds is 5. The lowest BCUT2D eigenvalue weighted by atomic mass is 9.97. The fourth-order valence-electron chi connectivity index (χ4n) is 6.39. The molecule has 214 valence electrons. The van der Waals surface area contributed by atoms with Gasteiger partial charge in [-0.3, -0.25) is 14.3 Å². The molecule has 1 fully saturated rings. The number of carbonyl (C=O) groups is 1. The van der Waals surface area contributed by atoms with E-state index >= 15 is 4.39 Å². The van der Waals surface area contributed by atoms with Gasteiger partial charge in [0.2, 0.25) is 0 Å². The normalized spacial score (nSPS) is 20.2. The maximum atomic E-state index is 16.0. The highest BCUT2D eigenvalue weighted by Crippen LogP contribution is 2.41.